The maximum atomic E-state index is 11.7. The van der Waals surface area contributed by atoms with Crippen molar-refractivity contribution >= 4 is 26.4 Å². The van der Waals surface area contributed by atoms with Gasteiger partial charge in [-0.2, -0.15) is 0 Å². The van der Waals surface area contributed by atoms with Crippen LogP contribution in [0.4, 0.5) is 5.69 Å². The SMILES string of the molecule is CCS(=O)(=O)Cc1c([N+](=O)[O-])ccc2ncccc12. The van der Waals surface area contributed by atoms with Gasteiger partial charge in [-0.25, -0.2) is 8.42 Å². The summed E-state index contributed by atoms with van der Waals surface area (Å²) >= 11 is 0. The molecule has 0 fully saturated rings. The molecule has 0 spiro atoms. The first-order valence-corrected chi connectivity index (χ1v) is 7.48. The Bertz CT molecular complexity index is 740. The smallest absolute Gasteiger partial charge is 0.258 e. The molecule has 0 amide bonds. The molecule has 0 bridgehead atoms. The molecule has 0 aliphatic carbocycles. The van der Waals surface area contributed by atoms with Crippen LogP contribution in [0.1, 0.15) is 12.5 Å². The van der Waals surface area contributed by atoms with Gasteiger partial charge < -0.3 is 0 Å². The van der Waals surface area contributed by atoms with E-state index in [-0.39, 0.29) is 22.8 Å². The normalized spacial score (nSPS) is 11.6. The fourth-order valence-corrected chi connectivity index (χ4v) is 2.79. The fraction of sp³-hybridized carbons (Fsp3) is 0.250. The molecule has 0 aliphatic heterocycles. The summed E-state index contributed by atoms with van der Waals surface area (Å²) in [5.41, 5.74) is 0.573. The quantitative estimate of drug-likeness (QED) is 0.631. The zero-order valence-corrected chi connectivity index (χ0v) is 11.1. The average molecular weight is 280 g/mol. The topological polar surface area (TPSA) is 90.2 Å². The third-order valence-corrected chi connectivity index (χ3v) is 4.48. The van der Waals surface area contributed by atoms with E-state index < -0.39 is 14.8 Å². The fourth-order valence-electron chi connectivity index (χ4n) is 1.85. The Morgan fingerprint density at radius 1 is 1.32 bits per heavy atom. The Balaban J connectivity index is 2.73. The zero-order chi connectivity index (χ0) is 14.0. The Morgan fingerprint density at radius 3 is 2.68 bits per heavy atom. The molecule has 0 atom stereocenters. The summed E-state index contributed by atoms with van der Waals surface area (Å²) < 4.78 is 23.5. The van der Waals surface area contributed by atoms with Crippen molar-refractivity contribution in [2.75, 3.05) is 5.75 Å². The molecular formula is C12H12N2O4S. The minimum Gasteiger partial charge on any atom is -0.258 e. The summed E-state index contributed by atoms with van der Waals surface area (Å²) in [6.07, 6.45) is 1.56. The molecule has 100 valence electrons. The van der Waals surface area contributed by atoms with Crippen molar-refractivity contribution in [3.8, 4) is 0 Å². The monoisotopic (exact) mass is 280 g/mol. The van der Waals surface area contributed by atoms with Crippen molar-refractivity contribution in [1.29, 1.82) is 0 Å². The highest BCUT2D eigenvalue weighted by Crippen LogP contribution is 2.28. The van der Waals surface area contributed by atoms with Crippen molar-refractivity contribution in [3.05, 3.63) is 46.1 Å². The maximum Gasteiger partial charge on any atom is 0.274 e. The third kappa shape index (κ3) is 2.70. The standard InChI is InChI=1S/C12H12N2O4S/c1-2-19(17,18)8-10-9-4-3-7-13-11(9)5-6-12(10)14(15)16/h3-7H,2,8H2,1H3. The summed E-state index contributed by atoms with van der Waals surface area (Å²) in [7, 11) is -3.35. The number of nitrogens with zero attached hydrogens (tertiary/aromatic N) is 2. The summed E-state index contributed by atoms with van der Waals surface area (Å²) in [5, 5.41) is 11.5. The Labute approximate surface area is 110 Å². The van der Waals surface area contributed by atoms with Crippen LogP contribution in [-0.4, -0.2) is 24.1 Å². The van der Waals surface area contributed by atoms with Crippen molar-refractivity contribution in [3.63, 3.8) is 0 Å². The van der Waals surface area contributed by atoms with Gasteiger partial charge in [0.15, 0.2) is 9.84 Å². The molecule has 0 radical (unpaired) electrons. The average Bonchev–Trinajstić information content (AvgIpc) is 2.38. The van der Waals surface area contributed by atoms with Gasteiger partial charge in [0.25, 0.3) is 5.69 Å². The third-order valence-electron chi connectivity index (χ3n) is 2.87. The Hall–Kier alpha value is -2.02. The molecule has 0 N–H and O–H groups in total. The Kier molecular flexibility index (Phi) is 3.48. The molecule has 6 nitrogen and oxygen atoms in total. The van der Waals surface area contributed by atoms with Crippen LogP contribution >= 0.6 is 0 Å². The lowest BCUT2D eigenvalue weighted by molar-refractivity contribution is -0.385. The number of rotatable bonds is 4. The van der Waals surface area contributed by atoms with Gasteiger partial charge in [0, 0.05) is 23.4 Å². The molecular weight excluding hydrogens is 268 g/mol. The van der Waals surface area contributed by atoms with Crippen LogP contribution in [0.2, 0.25) is 0 Å². The van der Waals surface area contributed by atoms with E-state index in [2.05, 4.69) is 4.98 Å². The van der Waals surface area contributed by atoms with Crippen molar-refractivity contribution in [2.45, 2.75) is 12.7 Å². The van der Waals surface area contributed by atoms with E-state index >= 15 is 0 Å². The number of pyridine rings is 1. The van der Waals surface area contributed by atoms with Crippen molar-refractivity contribution < 1.29 is 13.3 Å². The van der Waals surface area contributed by atoms with E-state index in [1.807, 2.05) is 0 Å². The number of hydrogen-bond donors (Lipinski definition) is 0. The van der Waals surface area contributed by atoms with E-state index in [4.69, 9.17) is 0 Å². The number of benzene rings is 1. The molecule has 19 heavy (non-hydrogen) atoms. The summed E-state index contributed by atoms with van der Waals surface area (Å²) in [6, 6.07) is 6.11. The predicted octanol–water partition coefficient (Wildman–Crippen LogP) is 2.08. The van der Waals surface area contributed by atoms with E-state index in [0.29, 0.717) is 10.9 Å². The number of sulfone groups is 1. The van der Waals surface area contributed by atoms with Crippen LogP contribution in [0, 0.1) is 10.1 Å². The van der Waals surface area contributed by atoms with E-state index in [0.717, 1.165) is 0 Å². The minimum atomic E-state index is -3.35. The van der Waals surface area contributed by atoms with E-state index in [9.17, 15) is 18.5 Å². The molecule has 7 heteroatoms. The molecule has 0 saturated carbocycles. The lowest BCUT2D eigenvalue weighted by atomic mass is 10.1. The molecule has 2 aromatic rings. The van der Waals surface area contributed by atoms with Crippen LogP contribution in [0.15, 0.2) is 30.5 Å². The van der Waals surface area contributed by atoms with Crippen LogP contribution in [0.25, 0.3) is 10.9 Å². The molecule has 1 aromatic carbocycles. The van der Waals surface area contributed by atoms with Gasteiger partial charge in [-0.3, -0.25) is 15.1 Å². The summed E-state index contributed by atoms with van der Waals surface area (Å²) in [6.45, 7) is 1.52. The highest BCUT2D eigenvalue weighted by molar-refractivity contribution is 7.90. The van der Waals surface area contributed by atoms with Crippen LogP contribution < -0.4 is 0 Å². The van der Waals surface area contributed by atoms with Crippen LogP contribution in [-0.2, 0) is 15.6 Å². The number of nitro groups is 1. The van der Waals surface area contributed by atoms with Gasteiger partial charge in [-0.1, -0.05) is 13.0 Å². The van der Waals surface area contributed by atoms with Gasteiger partial charge >= 0.3 is 0 Å². The molecule has 1 aromatic heterocycles. The Morgan fingerprint density at radius 2 is 2.05 bits per heavy atom. The first-order chi connectivity index (χ1) is 8.94. The number of aromatic nitrogens is 1. The van der Waals surface area contributed by atoms with Crippen molar-refractivity contribution in [2.24, 2.45) is 0 Å². The molecule has 2 rings (SSSR count). The summed E-state index contributed by atoms with van der Waals surface area (Å²) in [5.74, 6) is -0.399. The lowest BCUT2D eigenvalue weighted by Gasteiger charge is -2.07. The molecule has 0 saturated heterocycles. The number of fused-ring (bicyclic) bond motifs is 1. The highest BCUT2D eigenvalue weighted by Gasteiger charge is 2.22. The van der Waals surface area contributed by atoms with E-state index in [1.54, 1.807) is 18.3 Å². The van der Waals surface area contributed by atoms with Crippen LogP contribution in [0.3, 0.4) is 0 Å². The highest BCUT2D eigenvalue weighted by atomic mass is 32.2. The number of nitro benzene ring substituents is 1. The molecule has 0 unspecified atom stereocenters. The zero-order valence-electron chi connectivity index (χ0n) is 10.2. The first-order valence-electron chi connectivity index (χ1n) is 5.66. The minimum absolute atomic E-state index is 0.0548. The van der Waals surface area contributed by atoms with Crippen molar-refractivity contribution in [1.82, 2.24) is 4.98 Å². The van der Waals surface area contributed by atoms with Gasteiger partial charge in [0.05, 0.1) is 21.8 Å². The second kappa shape index (κ2) is 4.93. The second-order valence-electron chi connectivity index (χ2n) is 4.07. The van der Waals surface area contributed by atoms with Crippen LogP contribution in [0.5, 0.6) is 0 Å². The summed E-state index contributed by atoms with van der Waals surface area (Å²) in [4.78, 5) is 14.5. The van der Waals surface area contributed by atoms with Gasteiger partial charge in [-0.15, -0.1) is 0 Å². The second-order valence-corrected chi connectivity index (χ2v) is 6.42. The maximum absolute atomic E-state index is 11.7. The largest absolute Gasteiger partial charge is 0.274 e. The van der Waals surface area contributed by atoms with E-state index in [1.165, 1.54) is 19.1 Å². The van der Waals surface area contributed by atoms with Gasteiger partial charge in [-0.05, 0) is 12.1 Å². The van der Waals surface area contributed by atoms with Gasteiger partial charge in [0.2, 0.25) is 0 Å². The first kappa shape index (κ1) is 13.4. The number of hydrogen-bond acceptors (Lipinski definition) is 5. The predicted molar refractivity (Wildman–Crippen MR) is 71.6 cm³/mol. The molecule has 0 aliphatic rings. The molecule has 1 heterocycles. The lowest BCUT2D eigenvalue weighted by Crippen LogP contribution is -2.09. The van der Waals surface area contributed by atoms with Gasteiger partial charge in [0.1, 0.15) is 0 Å².